The lowest BCUT2D eigenvalue weighted by atomic mass is 10.1. The number of carbonyl (C=O) groups is 1. The van der Waals surface area contributed by atoms with E-state index in [-0.39, 0.29) is 18.0 Å². The first-order valence-corrected chi connectivity index (χ1v) is 9.72. The van der Waals surface area contributed by atoms with Gasteiger partial charge in [0.2, 0.25) is 0 Å². The van der Waals surface area contributed by atoms with Crippen molar-refractivity contribution >= 4 is 11.6 Å². The van der Waals surface area contributed by atoms with Crippen molar-refractivity contribution in [1.29, 1.82) is 0 Å². The Morgan fingerprint density at radius 2 is 1.91 bits per heavy atom. The average Bonchev–Trinajstić information content (AvgIpc) is 2.80. The van der Waals surface area contributed by atoms with Crippen molar-refractivity contribution in [1.82, 2.24) is 9.97 Å². The van der Waals surface area contributed by atoms with Crippen LogP contribution in [0.4, 0.5) is 18.9 Å². The van der Waals surface area contributed by atoms with Crippen LogP contribution in [0.3, 0.4) is 0 Å². The summed E-state index contributed by atoms with van der Waals surface area (Å²) in [5.41, 5.74) is -0.859. The molecule has 3 heterocycles. The van der Waals surface area contributed by atoms with Crippen LogP contribution in [0.1, 0.15) is 28.8 Å². The van der Waals surface area contributed by atoms with Crippen LogP contribution in [0.25, 0.3) is 11.3 Å². The number of pyridine rings is 2. The molecular formula is C22H18F3N3O4. The molecule has 3 aromatic rings. The molecule has 1 aromatic carbocycles. The highest BCUT2D eigenvalue weighted by molar-refractivity contribution is 6.03. The summed E-state index contributed by atoms with van der Waals surface area (Å²) in [5.74, 6) is -3.75. The van der Waals surface area contributed by atoms with Crippen LogP contribution in [0.2, 0.25) is 0 Å². The molecule has 2 atom stereocenters. The van der Waals surface area contributed by atoms with E-state index < -0.39 is 47.0 Å². The number of aromatic nitrogens is 2. The molecule has 0 radical (unpaired) electrons. The Kier molecular flexibility index (Phi) is 6.45. The van der Waals surface area contributed by atoms with Crippen molar-refractivity contribution in [3.63, 3.8) is 0 Å². The minimum atomic E-state index is -1.01. The fourth-order valence-corrected chi connectivity index (χ4v) is 3.26. The van der Waals surface area contributed by atoms with Crippen LogP contribution < -0.4 is 5.32 Å². The summed E-state index contributed by atoms with van der Waals surface area (Å²) in [6, 6.07) is 6.67. The van der Waals surface area contributed by atoms with Gasteiger partial charge in [-0.15, -0.1) is 0 Å². The third-order valence-corrected chi connectivity index (χ3v) is 4.86. The minimum Gasteiger partial charge on any atom is -0.394 e. The van der Waals surface area contributed by atoms with Gasteiger partial charge in [0.1, 0.15) is 28.8 Å². The van der Waals surface area contributed by atoms with E-state index in [0.717, 1.165) is 30.3 Å². The van der Waals surface area contributed by atoms with Crippen LogP contribution in [-0.4, -0.2) is 40.3 Å². The predicted molar refractivity (Wildman–Crippen MR) is 107 cm³/mol. The number of nitrogens with zero attached hydrogens (tertiary/aromatic N) is 2. The van der Waals surface area contributed by atoms with E-state index in [1.807, 2.05) is 0 Å². The summed E-state index contributed by atoms with van der Waals surface area (Å²) in [6.07, 6.45) is 2.11. The topological polar surface area (TPSA) is 93.6 Å². The quantitative estimate of drug-likeness (QED) is 0.623. The number of hydrogen-bond acceptors (Lipinski definition) is 6. The molecule has 0 bridgehead atoms. The Hall–Kier alpha value is -3.34. The van der Waals surface area contributed by atoms with Gasteiger partial charge < -0.3 is 19.9 Å². The molecule has 0 aliphatic carbocycles. The van der Waals surface area contributed by atoms with E-state index in [2.05, 4.69) is 15.3 Å². The van der Waals surface area contributed by atoms with Gasteiger partial charge in [0.25, 0.3) is 5.91 Å². The van der Waals surface area contributed by atoms with Gasteiger partial charge in [-0.25, -0.2) is 18.2 Å². The fraction of sp³-hybridized carbons (Fsp3) is 0.227. The molecule has 1 amide bonds. The zero-order valence-electron chi connectivity index (χ0n) is 16.6. The molecule has 1 saturated heterocycles. The summed E-state index contributed by atoms with van der Waals surface area (Å²) in [6.45, 7) is 0.171. The monoisotopic (exact) mass is 445 g/mol. The van der Waals surface area contributed by atoms with Crippen LogP contribution >= 0.6 is 0 Å². The number of amides is 1. The maximum Gasteiger partial charge on any atom is 0.274 e. The van der Waals surface area contributed by atoms with Crippen LogP contribution in [0.15, 0.2) is 48.8 Å². The van der Waals surface area contributed by atoms with Gasteiger partial charge in [-0.3, -0.25) is 9.78 Å². The zero-order chi connectivity index (χ0) is 22.7. The molecule has 0 unspecified atom stereocenters. The van der Waals surface area contributed by atoms with Crippen LogP contribution in [0, 0.1) is 17.5 Å². The molecule has 1 fully saturated rings. The average molecular weight is 445 g/mol. The largest absolute Gasteiger partial charge is 0.394 e. The highest BCUT2D eigenvalue weighted by atomic mass is 19.1. The van der Waals surface area contributed by atoms with Crippen molar-refractivity contribution in [3.05, 3.63) is 77.5 Å². The molecule has 7 nitrogen and oxygen atoms in total. The number of carbonyl (C=O) groups excluding carboxylic acids is 1. The van der Waals surface area contributed by atoms with Gasteiger partial charge in [0.15, 0.2) is 6.29 Å². The van der Waals surface area contributed by atoms with Gasteiger partial charge in [0, 0.05) is 11.8 Å². The van der Waals surface area contributed by atoms with Crippen molar-refractivity contribution in [2.45, 2.75) is 18.8 Å². The van der Waals surface area contributed by atoms with Crippen LogP contribution in [0.5, 0.6) is 0 Å². The Morgan fingerprint density at radius 1 is 1.12 bits per heavy atom. The fourth-order valence-electron chi connectivity index (χ4n) is 3.26. The SMILES string of the molecule is O=C(Nc1cnccc1[C@@H]1OCC[C@H](CO)O1)c1ccc(F)c(-c2c(F)cccc2F)n1. The van der Waals surface area contributed by atoms with E-state index in [9.17, 15) is 23.1 Å². The lowest BCUT2D eigenvalue weighted by molar-refractivity contribution is -0.223. The minimum absolute atomic E-state index is 0.179. The lowest BCUT2D eigenvalue weighted by Gasteiger charge is -2.30. The second-order valence-electron chi connectivity index (χ2n) is 6.97. The molecule has 0 spiro atoms. The molecule has 1 aliphatic heterocycles. The van der Waals surface area contributed by atoms with Gasteiger partial charge in [0.05, 0.1) is 36.8 Å². The van der Waals surface area contributed by atoms with E-state index in [1.54, 1.807) is 6.07 Å². The normalized spacial score (nSPS) is 18.4. The summed E-state index contributed by atoms with van der Waals surface area (Å²) in [4.78, 5) is 20.6. The number of rotatable bonds is 5. The first-order valence-electron chi connectivity index (χ1n) is 9.72. The van der Waals surface area contributed by atoms with E-state index in [1.165, 1.54) is 12.4 Å². The lowest BCUT2D eigenvalue weighted by Crippen LogP contribution is -2.30. The Morgan fingerprint density at radius 3 is 2.66 bits per heavy atom. The summed E-state index contributed by atoms with van der Waals surface area (Å²) in [7, 11) is 0. The number of aliphatic hydroxyl groups excluding tert-OH is 1. The van der Waals surface area contributed by atoms with Gasteiger partial charge in [-0.1, -0.05) is 6.07 Å². The first-order chi connectivity index (χ1) is 15.5. The maximum absolute atomic E-state index is 14.3. The first kappa shape index (κ1) is 21.9. The summed E-state index contributed by atoms with van der Waals surface area (Å²) in [5, 5.41) is 11.9. The third-order valence-electron chi connectivity index (χ3n) is 4.86. The Labute approximate surface area is 180 Å². The molecule has 2 N–H and O–H groups in total. The molecule has 2 aromatic heterocycles. The number of benzene rings is 1. The summed E-state index contributed by atoms with van der Waals surface area (Å²) < 4.78 is 53.8. The Balaban J connectivity index is 1.62. The number of hydrogen-bond donors (Lipinski definition) is 2. The summed E-state index contributed by atoms with van der Waals surface area (Å²) >= 11 is 0. The second-order valence-corrected chi connectivity index (χ2v) is 6.97. The van der Waals surface area contributed by atoms with Crippen molar-refractivity contribution < 1.29 is 32.5 Å². The van der Waals surface area contributed by atoms with Crippen LogP contribution in [-0.2, 0) is 9.47 Å². The number of aliphatic hydroxyl groups is 1. The molecule has 0 saturated carbocycles. The van der Waals surface area contributed by atoms with Crippen molar-refractivity contribution in [3.8, 4) is 11.3 Å². The third kappa shape index (κ3) is 4.47. The molecule has 4 rings (SSSR count). The molecular weight excluding hydrogens is 427 g/mol. The molecule has 1 aliphatic rings. The van der Waals surface area contributed by atoms with E-state index >= 15 is 0 Å². The van der Waals surface area contributed by atoms with Gasteiger partial charge in [-0.2, -0.15) is 0 Å². The van der Waals surface area contributed by atoms with Crippen molar-refractivity contribution in [2.24, 2.45) is 0 Å². The highest BCUT2D eigenvalue weighted by Crippen LogP contribution is 2.31. The second kappa shape index (κ2) is 9.43. The molecule has 32 heavy (non-hydrogen) atoms. The smallest absolute Gasteiger partial charge is 0.274 e. The Bertz CT molecular complexity index is 1120. The highest BCUT2D eigenvalue weighted by Gasteiger charge is 2.27. The van der Waals surface area contributed by atoms with E-state index in [0.29, 0.717) is 18.6 Å². The van der Waals surface area contributed by atoms with E-state index in [4.69, 9.17) is 9.47 Å². The number of nitrogens with one attached hydrogen (secondary N) is 1. The number of anilines is 1. The molecule has 10 heteroatoms. The number of ether oxygens (including phenoxy) is 2. The van der Waals surface area contributed by atoms with Gasteiger partial charge >= 0.3 is 0 Å². The van der Waals surface area contributed by atoms with Crippen molar-refractivity contribution in [2.75, 3.05) is 18.5 Å². The standard InChI is InChI=1S/C22H18F3N3O4/c23-14-2-1-3-15(24)19(14)20-16(25)4-5-17(27-20)21(30)28-18-10-26-8-6-13(18)22-31-9-7-12(11-29)32-22/h1-6,8,10,12,22,29H,7,9,11H2,(H,28,30)/t12-,22-/m1/s1. The van der Waals surface area contributed by atoms with Gasteiger partial charge in [-0.05, 0) is 36.8 Å². The zero-order valence-corrected chi connectivity index (χ0v) is 16.6. The molecule has 166 valence electrons. The predicted octanol–water partition coefficient (Wildman–Crippen LogP) is 3.61. The number of halogens is 3. The maximum atomic E-state index is 14.3.